The van der Waals surface area contributed by atoms with E-state index in [1.165, 1.54) is 5.56 Å². The van der Waals surface area contributed by atoms with Crippen LogP contribution < -0.4 is 14.9 Å². The van der Waals surface area contributed by atoms with Gasteiger partial charge in [0.15, 0.2) is 11.5 Å². The largest absolute Gasteiger partial charge is 0.508 e. The van der Waals surface area contributed by atoms with Gasteiger partial charge in [-0.25, -0.2) is 10.4 Å². The zero-order valence-corrected chi connectivity index (χ0v) is 19.7. The lowest BCUT2D eigenvalue weighted by Crippen LogP contribution is -2.31. The second-order valence-corrected chi connectivity index (χ2v) is 8.45. The molecule has 2 aromatic carbocycles. The number of rotatable bonds is 9. The number of nitrogens with one attached hydrogen (secondary N) is 1. The summed E-state index contributed by atoms with van der Waals surface area (Å²) in [5.41, 5.74) is 6.21. The molecule has 2 N–H and O–H groups in total. The Hall–Kier alpha value is -1.97. The zero-order chi connectivity index (χ0) is 22.5. The highest BCUT2D eigenvalue weighted by molar-refractivity contribution is 7.80. The number of hydrogen-bond donors (Lipinski definition) is 3. The van der Waals surface area contributed by atoms with Crippen LogP contribution in [-0.2, 0) is 11.3 Å². The van der Waals surface area contributed by atoms with Gasteiger partial charge in [0.2, 0.25) is 0 Å². The van der Waals surface area contributed by atoms with E-state index >= 15 is 0 Å². The van der Waals surface area contributed by atoms with E-state index in [2.05, 4.69) is 30.2 Å². The summed E-state index contributed by atoms with van der Waals surface area (Å²) in [6, 6.07) is 11.7. The smallest absolute Gasteiger partial charge is 0.161 e. The molecule has 3 rings (SSSR count). The van der Waals surface area contributed by atoms with Crippen molar-refractivity contribution >= 4 is 12.6 Å². The summed E-state index contributed by atoms with van der Waals surface area (Å²) in [6.07, 6.45) is -0.176. The Morgan fingerprint density at radius 3 is 2.55 bits per heavy atom. The van der Waals surface area contributed by atoms with Gasteiger partial charge in [-0.2, -0.15) is 0 Å². The molecule has 1 aliphatic heterocycles. The first-order valence-corrected chi connectivity index (χ1v) is 10.9. The first-order valence-electron chi connectivity index (χ1n) is 10.4. The van der Waals surface area contributed by atoms with E-state index in [0.29, 0.717) is 37.2 Å². The standard InChI is InChI=1S/C23H33N3O4S/c1-15(2)17-7-8-19(27)18(13-17)22-25(3)24-23(31)26(22)14-16-6-9-20(21(12-16)29-5)30-11-10-28-4/h6-9,12-13,15,22-24,27,31H,10-11,14H2,1-5H3. The monoisotopic (exact) mass is 447 g/mol. The first kappa shape index (κ1) is 23.7. The Kier molecular flexibility index (Phi) is 8.07. The van der Waals surface area contributed by atoms with Crippen molar-refractivity contribution in [2.24, 2.45) is 0 Å². The van der Waals surface area contributed by atoms with Crippen LogP contribution in [0.5, 0.6) is 17.2 Å². The van der Waals surface area contributed by atoms with Gasteiger partial charge < -0.3 is 19.3 Å². The first-order chi connectivity index (χ1) is 14.8. The predicted molar refractivity (Wildman–Crippen MR) is 125 cm³/mol. The SMILES string of the molecule is COCCOc1ccc(CN2C(S)NN(C)C2c2cc(C(C)C)ccc2O)cc1OC. The van der Waals surface area contributed by atoms with E-state index in [-0.39, 0.29) is 17.4 Å². The minimum atomic E-state index is -0.208. The van der Waals surface area contributed by atoms with Crippen LogP contribution in [0, 0.1) is 0 Å². The third-order valence-electron chi connectivity index (χ3n) is 5.45. The highest BCUT2D eigenvalue weighted by Gasteiger charge is 2.38. The fourth-order valence-electron chi connectivity index (χ4n) is 3.76. The second kappa shape index (κ2) is 10.6. The van der Waals surface area contributed by atoms with Crippen LogP contribution in [0.4, 0.5) is 0 Å². The fraction of sp³-hybridized carbons (Fsp3) is 0.478. The number of phenolic OH excluding ortho intramolecular Hbond substituents is 1. The summed E-state index contributed by atoms with van der Waals surface area (Å²) in [5.74, 6) is 2.00. The summed E-state index contributed by atoms with van der Waals surface area (Å²) >= 11 is 4.73. The van der Waals surface area contributed by atoms with Crippen LogP contribution in [0.25, 0.3) is 0 Å². The Labute approximate surface area is 190 Å². The zero-order valence-electron chi connectivity index (χ0n) is 18.8. The average Bonchev–Trinajstić information content (AvgIpc) is 3.02. The molecule has 2 unspecified atom stereocenters. The van der Waals surface area contributed by atoms with Crippen LogP contribution >= 0.6 is 12.6 Å². The maximum Gasteiger partial charge on any atom is 0.161 e. The number of benzene rings is 2. The molecule has 31 heavy (non-hydrogen) atoms. The lowest BCUT2D eigenvalue weighted by Gasteiger charge is -2.29. The molecular formula is C23H33N3O4S. The second-order valence-electron chi connectivity index (χ2n) is 7.96. The number of aromatic hydroxyl groups is 1. The van der Waals surface area contributed by atoms with Crippen molar-refractivity contribution in [2.45, 2.75) is 38.0 Å². The number of nitrogens with zero attached hydrogens (tertiary/aromatic N) is 2. The Morgan fingerprint density at radius 1 is 1.10 bits per heavy atom. The van der Waals surface area contributed by atoms with Gasteiger partial charge in [-0.05, 0) is 41.3 Å². The number of thiol groups is 1. The summed E-state index contributed by atoms with van der Waals surface area (Å²) < 4.78 is 16.3. The molecule has 1 heterocycles. The molecule has 0 aliphatic carbocycles. The van der Waals surface area contributed by atoms with Crippen molar-refractivity contribution in [1.82, 2.24) is 15.3 Å². The van der Waals surface area contributed by atoms with E-state index < -0.39 is 0 Å². The van der Waals surface area contributed by atoms with Gasteiger partial charge in [0, 0.05) is 26.3 Å². The molecule has 0 radical (unpaired) electrons. The van der Waals surface area contributed by atoms with Gasteiger partial charge in [0.25, 0.3) is 0 Å². The highest BCUT2D eigenvalue weighted by atomic mass is 32.1. The van der Waals surface area contributed by atoms with Crippen molar-refractivity contribution in [3.63, 3.8) is 0 Å². The maximum atomic E-state index is 10.6. The topological polar surface area (TPSA) is 66.4 Å². The number of phenols is 1. The molecule has 0 saturated carbocycles. The van der Waals surface area contributed by atoms with E-state index in [1.54, 1.807) is 20.3 Å². The molecule has 8 heteroatoms. The summed E-state index contributed by atoms with van der Waals surface area (Å²) in [4.78, 5) is 2.18. The summed E-state index contributed by atoms with van der Waals surface area (Å²) in [7, 11) is 5.24. The van der Waals surface area contributed by atoms with Crippen molar-refractivity contribution < 1.29 is 19.3 Å². The van der Waals surface area contributed by atoms with E-state index in [4.69, 9.17) is 26.8 Å². The van der Waals surface area contributed by atoms with Crippen LogP contribution in [0.3, 0.4) is 0 Å². The van der Waals surface area contributed by atoms with Gasteiger partial charge in [-0.15, -0.1) is 12.6 Å². The Morgan fingerprint density at radius 2 is 1.87 bits per heavy atom. The highest BCUT2D eigenvalue weighted by Crippen LogP contribution is 2.39. The summed E-state index contributed by atoms with van der Waals surface area (Å²) in [6.45, 7) is 5.87. The molecule has 2 atom stereocenters. The minimum Gasteiger partial charge on any atom is -0.508 e. The third-order valence-corrected chi connectivity index (χ3v) is 5.86. The van der Waals surface area contributed by atoms with Gasteiger partial charge in [0.05, 0.1) is 13.7 Å². The van der Waals surface area contributed by atoms with Crippen LogP contribution in [-0.4, -0.2) is 55.0 Å². The van der Waals surface area contributed by atoms with E-state index in [0.717, 1.165) is 11.1 Å². The molecule has 0 bridgehead atoms. The quantitative estimate of drug-likeness (QED) is 0.400. The molecule has 0 aromatic heterocycles. The van der Waals surface area contributed by atoms with Crippen molar-refractivity contribution in [3.8, 4) is 17.2 Å². The van der Waals surface area contributed by atoms with Gasteiger partial charge in [-0.1, -0.05) is 26.0 Å². The third kappa shape index (κ3) is 5.45. The van der Waals surface area contributed by atoms with E-state index in [1.807, 2.05) is 36.3 Å². The number of ether oxygens (including phenoxy) is 3. The number of hydrogen-bond acceptors (Lipinski definition) is 8. The molecule has 0 amide bonds. The molecule has 170 valence electrons. The van der Waals surface area contributed by atoms with Crippen LogP contribution in [0.15, 0.2) is 36.4 Å². The maximum absolute atomic E-state index is 10.6. The molecule has 0 spiro atoms. The molecular weight excluding hydrogens is 414 g/mol. The average molecular weight is 448 g/mol. The summed E-state index contributed by atoms with van der Waals surface area (Å²) in [5, 5.41) is 12.6. The fourth-order valence-corrected chi connectivity index (χ4v) is 4.15. The molecule has 1 saturated heterocycles. The lowest BCUT2D eigenvalue weighted by atomic mass is 9.98. The number of hydrazine groups is 1. The van der Waals surface area contributed by atoms with Crippen molar-refractivity contribution in [1.29, 1.82) is 0 Å². The van der Waals surface area contributed by atoms with Crippen LogP contribution in [0.2, 0.25) is 0 Å². The van der Waals surface area contributed by atoms with Gasteiger partial charge >= 0.3 is 0 Å². The minimum absolute atomic E-state index is 0.176. The van der Waals surface area contributed by atoms with Gasteiger partial charge in [-0.3, -0.25) is 4.90 Å². The normalized spacial score (nSPS) is 19.8. The van der Waals surface area contributed by atoms with Gasteiger partial charge in [0.1, 0.15) is 24.0 Å². The van der Waals surface area contributed by atoms with Crippen LogP contribution in [0.1, 0.15) is 42.6 Å². The Bertz CT molecular complexity index is 880. The predicted octanol–water partition coefficient (Wildman–Crippen LogP) is 3.71. The van der Waals surface area contributed by atoms with E-state index in [9.17, 15) is 5.11 Å². The lowest BCUT2D eigenvalue weighted by molar-refractivity contribution is 0.134. The van der Waals surface area contributed by atoms with Crippen molar-refractivity contribution in [3.05, 3.63) is 53.1 Å². The Balaban J connectivity index is 1.86. The number of methoxy groups -OCH3 is 2. The molecule has 7 nitrogen and oxygen atoms in total. The van der Waals surface area contributed by atoms with Crippen molar-refractivity contribution in [2.75, 3.05) is 34.5 Å². The molecule has 2 aromatic rings. The molecule has 1 fully saturated rings. The molecule has 1 aliphatic rings.